The molecule has 1 aliphatic rings. The highest BCUT2D eigenvalue weighted by Gasteiger charge is 2.40. The van der Waals surface area contributed by atoms with Gasteiger partial charge in [-0.3, -0.25) is 9.59 Å². The summed E-state index contributed by atoms with van der Waals surface area (Å²) in [5.74, 6) is -2.20. The van der Waals surface area contributed by atoms with Crippen LogP contribution in [0.15, 0.2) is 0 Å². The lowest BCUT2D eigenvalue weighted by Crippen LogP contribution is -2.34. The van der Waals surface area contributed by atoms with Gasteiger partial charge in [-0.1, -0.05) is 33.6 Å². The lowest BCUT2D eigenvalue weighted by Gasteiger charge is -2.13. The third-order valence-corrected chi connectivity index (χ3v) is 4.61. The molecule has 1 saturated heterocycles. The van der Waals surface area contributed by atoms with Crippen molar-refractivity contribution in [3.63, 3.8) is 0 Å². The summed E-state index contributed by atoms with van der Waals surface area (Å²) in [7, 11) is 3.25. The molecule has 1 fully saturated rings. The molecule has 0 radical (unpaired) electrons. The number of hydroxylamine groups is 2. The van der Waals surface area contributed by atoms with E-state index in [1.165, 1.54) is 0 Å². The van der Waals surface area contributed by atoms with E-state index < -0.39 is 23.9 Å². The highest BCUT2D eigenvalue weighted by Crippen LogP contribution is 2.26. The number of aliphatic hydroxyl groups excluding tert-OH is 1. The quantitative estimate of drug-likeness (QED) is 0.571. The molecular formula is C10H15NO5S2. The summed E-state index contributed by atoms with van der Waals surface area (Å²) in [6, 6.07) is 0. The number of amides is 2. The Bertz CT molecular complexity index is 349. The molecular weight excluding hydrogens is 278 g/mol. The number of carbonyl (C=O) groups is 3. The zero-order chi connectivity index (χ0) is 13.7. The minimum absolute atomic E-state index is 0.127. The first kappa shape index (κ1) is 15.3. The Morgan fingerprint density at radius 3 is 2.78 bits per heavy atom. The van der Waals surface area contributed by atoms with Crippen LogP contribution in [0, 0.1) is 0 Å². The molecule has 0 aromatic rings. The number of imide groups is 1. The zero-order valence-corrected chi connectivity index (χ0v) is 11.8. The Morgan fingerprint density at radius 2 is 2.28 bits per heavy atom. The van der Waals surface area contributed by atoms with Crippen LogP contribution in [-0.2, 0) is 19.2 Å². The lowest BCUT2D eigenvalue weighted by atomic mass is 10.2. The van der Waals surface area contributed by atoms with Crippen molar-refractivity contribution in [2.24, 2.45) is 0 Å². The van der Waals surface area contributed by atoms with E-state index >= 15 is 0 Å². The van der Waals surface area contributed by atoms with E-state index in [2.05, 4.69) is 4.84 Å². The molecule has 8 heteroatoms. The van der Waals surface area contributed by atoms with Gasteiger partial charge in [-0.05, 0) is 12.7 Å². The Labute approximate surface area is 113 Å². The zero-order valence-electron chi connectivity index (χ0n) is 10.1. The summed E-state index contributed by atoms with van der Waals surface area (Å²) in [4.78, 5) is 38.6. The average Bonchev–Trinajstić information content (AvgIpc) is 2.54. The highest BCUT2D eigenvalue weighted by molar-refractivity contribution is 8.76. The summed E-state index contributed by atoms with van der Waals surface area (Å²) in [6.07, 6.45) is 0.953. The first-order valence-electron chi connectivity index (χ1n) is 5.40. The number of hydrogen-bond donors (Lipinski definition) is 1. The van der Waals surface area contributed by atoms with Gasteiger partial charge in [0.05, 0.1) is 6.42 Å². The Balaban J connectivity index is 2.36. The van der Waals surface area contributed by atoms with Crippen molar-refractivity contribution in [1.82, 2.24) is 5.06 Å². The second kappa shape index (κ2) is 7.01. The highest BCUT2D eigenvalue weighted by atomic mass is 33.1. The van der Waals surface area contributed by atoms with Crippen molar-refractivity contribution in [2.45, 2.75) is 37.5 Å². The molecule has 0 aromatic heterocycles. The number of hydrogen-bond acceptors (Lipinski definition) is 7. The Hall–Kier alpha value is -0.730. The number of aliphatic hydroxyl groups is 1. The van der Waals surface area contributed by atoms with Gasteiger partial charge in [0.15, 0.2) is 0 Å². The first-order chi connectivity index (χ1) is 8.45. The van der Waals surface area contributed by atoms with E-state index in [9.17, 15) is 14.4 Å². The van der Waals surface area contributed by atoms with Crippen LogP contribution in [0.25, 0.3) is 0 Å². The third kappa shape index (κ3) is 4.18. The Kier molecular flexibility index (Phi) is 5.97. The summed E-state index contributed by atoms with van der Waals surface area (Å²) in [6.45, 7) is 1.98. The fourth-order valence-corrected chi connectivity index (χ4v) is 3.19. The molecule has 1 N–H and O–H groups in total. The molecule has 0 bridgehead atoms. The third-order valence-electron chi connectivity index (χ3n) is 2.29. The van der Waals surface area contributed by atoms with Crippen LogP contribution in [0.2, 0.25) is 0 Å². The predicted octanol–water partition coefficient (Wildman–Crippen LogP) is 0.744. The van der Waals surface area contributed by atoms with Crippen molar-refractivity contribution < 1.29 is 24.3 Å². The van der Waals surface area contributed by atoms with Crippen LogP contribution in [0.1, 0.15) is 26.2 Å². The van der Waals surface area contributed by atoms with Gasteiger partial charge < -0.3 is 9.94 Å². The molecule has 2 atom stereocenters. The first-order valence-corrected chi connectivity index (χ1v) is 8.03. The summed E-state index contributed by atoms with van der Waals surface area (Å²) in [5.41, 5.74) is 0. The van der Waals surface area contributed by atoms with Crippen LogP contribution < -0.4 is 0 Å². The van der Waals surface area contributed by atoms with Crippen molar-refractivity contribution in [2.75, 3.05) is 6.26 Å². The molecule has 0 aromatic carbocycles. The number of carbonyl (C=O) groups excluding carboxylic acids is 3. The molecule has 1 rings (SSSR count). The van der Waals surface area contributed by atoms with Crippen LogP contribution >= 0.6 is 21.6 Å². The predicted molar refractivity (Wildman–Crippen MR) is 68.4 cm³/mol. The van der Waals surface area contributed by atoms with Crippen molar-refractivity contribution in [3.8, 4) is 0 Å². The fraction of sp³-hybridized carbons (Fsp3) is 0.700. The van der Waals surface area contributed by atoms with E-state index in [1.54, 1.807) is 21.6 Å². The van der Waals surface area contributed by atoms with Gasteiger partial charge >= 0.3 is 5.97 Å². The lowest BCUT2D eigenvalue weighted by molar-refractivity contribution is -0.198. The average molecular weight is 293 g/mol. The molecule has 1 unspecified atom stereocenters. The van der Waals surface area contributed by atoms with Crippen LogP contribution in [-0.4, -0.2) is 45.6 Å². The summed E-state index contributed by atoms with van der Waals surface area (Å²) < 4.78 is 0. The summed E-state index contributed by atoms with van der Waals surface area (Å²) in [5, 5.41) is 9.77. The van der Waals surface area contributed by atoms with Gasteiger partial charge in [-0.2, -0.15) is 0 Å². The monoisotopic (exact) mass is 293 g/mol. The minimum atomic E-state index is -1.39. The minimum Gasteiger partial charge on any atom is -0.383 e. The maximum Gasteiger partial charge on any atom is 0.333 e. The standard InChI is InChI=1S/C10H15NO5S2/c1-6(18-17-2)3-4-9(14)16-11-8(13)5-7(12)10(11)15/h6-7,12H,3-5H2,1-2H3/t6-,7?/m1/s1. The fourth-order valence-electron chi connectivity index (χ4n) is 1.37. The van der Waals surface area contributed by atoms with E-state index in [0.29, 0.717) is 11.5 Å². The molecule has 18 heavy (non-hydrogen) atoms. The van der Waals surface area contributed by atoms with E-state index in [1.807, 2.05) is 13.2 Å². The van der Waals surface area contributed by atoms with Gasteiger partial charge in [0, 0.05) is 11.7 Å². The molecule has 6 nitrogen and oxygen atoms in total. The van der Waals surface area contributed by atoms with Gasteiger partial charge in [0.2, 0.25) is 0 Å². The second-order valence-electron chi connectivity index (χ2n) is 3.82. The Morgan fingerprint density at radius 1 is 1.61 bits per heavy atom. The van der Waals surface area contributed by atoms with Crippen molar-refractivity contribution in [3.05, 3.63) is 0 Å². The largest absolute Gasteiger partial charge is 0.383 e. The van der Waals surface area contributed by atoms with Gasteiger partial charge in [0.25, 0.3) is 11.8 Å². The topological polar surface area (TPSA) is 83.9 Å². The normalized spacial score (nSPS) is 21.3. The van der Waals surface area contributed by atoms with E-state index in [-0.39, 0.29) is 18.1 Å². The molecule has 0 spiro atoms. The van der Waals surface area contributed by atoms with Crippen LogP contribution in [0.5, 0.6) is 0 Å². The van der Waals surface area contributed by atoms with E-state index in [4.69, 9.17) is 5.11 Å². The molecule has 1 heterocycles. The van der Waals surface area contributed by atoms with Gasteiger partial charge in [-0.25, -0.2) is 4.79 Å². The summed E-state index contributed by atoms with van der Waals surface area (Å²) >= 11 is 0. The van der Waals surface area contributed by atoms with Crippen molar-refractivity contribution in [1.29, 1.82) is 0 Å². The molecule has 2 amide bonds. The smallest absolute Gasteiger partial charge is 0.333 e. The molecule has 0 aliphatic carbocycles. The van der Waals surface area contributed by atoms with Gasteiger partial charge in [-0.15, -0.1) is 0 Å². The second-order valence-corrected chi connectivity index (χ2v) is 6.73. The van der Waals surface area contributed by atoms with Gasteiger partial charge in [0.1, 0.15) is 6.10 Å². The number of rotatable bonds is 6. The molecule has 1 aliphatic heterocycles. The van der Waals surface area contributed by atoms with Crippen LogP contribution in [0.3, 0.4) is 0 Å². The SMILES string of the molecule is CSS[C@H](C)CCC(=O)ON1C(=O)CC(O)C1=O. The van der Waals surface area contributed by atoms with Crippen molar-refractivity contribution >= 4 is 39.4 Å². The molecule has 102 valence electrons. The van der Waals surface area contributed by atoms with Crippen LogP contribution in [0.4, 0.5) is 0 Å². The maximum absolute atomic E-state index is 11.4. The number of nitrogens with zero attached hydrogens (tertiary/aromatic N) is 1. The van der Waals surface area contributed by atoms with E-state index in [0.717, 1.165) is 0 Å². The molecule has 0 saturated carbocycles. The maximum atomic E-state index is 11.4.